The van der Waals surface area contributed by atoms with Gasteiger partial charge in [0.1, 0.15) is 0 Å². The highest BCUT2D eigenvalue weighted by Crippen LogP contribution is 2.32. The zero-order valence-corrected chi connectivity index (χ0v) is 12.6. The largest absolute Gasteiger partial charge is 0.314 e. The van der Waals surface area contributed by atoms with Crippen molar-refractivity contribution >= 4 is 0 Å². The van der Waals surface area contributed by atoms with Crippen LogP contribution in [-0.2, 0) is 0 Å². The first kappa shape index (κ1) is 14.3. The van der Waals surface area contributed by atoms with Crippen molar-refractivity contribution in [2.75, 3.05) is 19.6 Å². The molecule has 1 saturated heterocycles. The van der Waals surface area contributed by atoms with Gasteiger partial charge in [-0.25, -0.2) is 0 Å². The van der Waals surface area contributed by atoms with E-state index in [1.165, 1.54) is 58.2 Å². The van der Waals surface area contributed by atoms with Crippen molar-refractivity contribution in [3.8, 4) is 0 Å². The summed E-state index contributed by atoms with van der Waals surface area (Å²) in [5, 5.41) is 3.57. The Morgan fingerprint density at radius 2 is 1.89 bits per heavy atom. The Morgan fingerprint density at radius 1 is 1.17 bits per heavy atom. The quantitative estimate of drug-likeness (QED) is 0.826. The highest BCUT2D eigenvalue weighted by atomic mass is 15.2. The van der Waals surface area contributed by atoms with Crippen molar-refractivity contribution in [2.24, 2.45) is 11.8 Å². The zero-order chi connectivity index (χ0) is 13.0. The van der Waals surface area contributed by atoms with Crippen LogP contribution >= 0.6 is 0 Å². The van der Waals surface area contributed by atoms with E-state index in [0.29, 0.717) is 0 Å². The first-order chi connectivity index (χ1) is 8.72. The monoisotopic (exact) mass is 252 g/mol. The Labute approximate surface area is 114 Å². The third kappa shape index (κ3) is 3.48. The summed E-state index contributed by atoms with van der Waals surface area (Å²) in [4.78, 5) is 2.84. The number of piperazine rings is 1. The van der Waals surface area contributed by atoms with E-state index in [1.54, 1.807) is 0 Å². The highest BCUT2D eigenvalue weighted by molar-refractivity contribution is 4.89. The minimum Gasteiger partial charge on any atom is -0.314 e. The molecule has 1 aliphatic carbocycles. The van der Waals surface area contributed by atoms with Gasteiger partial charge >= 0.3 is 0 Å². The lowest BCUT2D eigenvalue weighted by atomic mass is 9.82. The summed E-state index contributed by atoms with van der Waals surface area (Å²) < 4.78 is 0. The molecule has 1 saturated carbocycles. The minimum atomic E-state index is 0.770. The molecule has 0 spiro atoms. The van der Waals surface area contributed by atoms with Crippen molar-refractivity contribution in [2.45, 2.75) is 71.4 Å². The molecule has 0 aromatic rings. The molecule has 1 N–H and O–H groups in total. The van der Waals surface area contributed by atoms with Crippen LogP contribution in [0.25, 0.3) is 0 Å². The number of hydrogen-bond acceptors (Lipinski definition) is 2. The lowest BCUT2D eigenvalue weighted by molar-refractivity contribution is 0.0486. The number of hydrogen-bond donors (Lipinski definition) is 1. The second-order valence-electron chi connectivity index (χ2n) is 6.72. The molecule has 2 nitrogen and oxygen atoms in total. The summed E-state index contributed by atoms with van der Waals surface area (Å²) in [7, 11) is 0. The molecule has 106 valence electrons. The smallest absolute Gasteiger partial charge is 0.0247 e. The van der Waals surface area contributed by atoms with Gasteiger partial charge in [-0.3, -0.25) is 4.90 Å². The predicted molar refractivity (Wildman–Crippen MR) is 78.9 cm³/mol. The molecule has 0 aromatic carbocycles. The molecular weight excluding hydrogens is 220 g/mol. The van der Waals surface area contributed by atoms with Gasteiger partial charge in [0.2, 0.25) is 0 Å². The normalized spacial score (nSPS) is 35.0. The van der Waals surface area contributed by atoms with E-state index < -0.39 is 0 Å². The molecule has 0 amide bonds. The van der Waals surface area contributed by atoms with Crippen molar-refractivity contribution in [3.05, 3.63) is 0 Å². The molecule has 2 heteroatoms. The fourth-order valence-electron chi connectivity index (χ4n) is 3.99. The van der Waals surface area contributed by atoms with Crippen LogP contribution in [0, 0.1) is 11.8 Å². The SMILES string of the molecule is CCCC1CCC(N2CCNCC2C(C)C)CC1. The van der Waals surface area contributed by atoms with Crippen LogP contribution in [0.1, 0.15) is 59.3 Å². The Bertz CT molecular complexity index is 231. The molecule has 1 atom stereocenters. The fourth-order valence-corrected chi connectivity index (χ4v) is 3.99. The number of nitrogens with one attached hydrogen (secondary N) is 1. The molecule has 1 unspecified atom stereocenters. The zero-order valence-electron chi connectivity index (χ0n) is 12.6. The third-order valence-electron chi connectivity index (χ3n) is 5.08. The van der Waals surface area contributed by atoms with Crippen LogP contribution in [0.2, 0.25) is 0 Å². The van der Waals surface area contributed by atoms with Gasteiger partial charge < -0.3 is 5.32 Å². The van der Waals surface area contributed by atoms with E-state index in [-0.39, 0.29) is 0 Å². The van der Waals surface area contributed by atoms with Gasteiger partial charge in [-0.15, -0.1) is 0 Å². The topological polar surface area (TPSA) is 15.3 Å². The van der Waals surface area contributed by atoms with E-state index >= 15 is 0 Å². The Kier molecular flexibility index (Phi) is 5.50. The maximum Gasteiger partial charge on any atom is 0.0247 e. The summed E-state index contributed by atoms with van der Waals surface area (Å²) in [6.07, 6.45) is 8.70. The summed E-state index contributed by atoms with van der Waals surface area (Å²) in [5.41, 5.74) is 0. The van der Waals surface area contributed by atoms with E-state index in [9.17, 15) is 0 Å². The predicted octanol–water partition coefficient (Wildman–Crippen LogP) is 3.28. The summed E-state index contributed by atoms with van der Waals surface area (Å²) in [6, 6.07) is 1.65. The van der Waals surface area contributed by atoms with Gasteiger partial charge in [-0.2, -0.15) is 0 Å². The molecule has 0 bridgehead atoms. The second kappa shape index (κ2) is 6.91. The van der Waals surface area contributed by atoms with Gasteiger partial charge in [0.15, 0.2) is 0 Å². The van der Waals surface area contributed by atoms with E-state index in [0.717, 1.165) is 23.9 Å². The fraction of sp³-hybridized carbons (Fsp3) is 1.00. The van der Waals surface area contributed by atoms with Crippen LogP contribution in [0.5, 0.6) is 0 Å². The molecule has 0 radical (unpaired) electrons. The average molecular weight is 252 g/mol. The summed E-state index contributed by atoms with van der Waals surface area (Å²) in [5.74, 6) is 1.82. The Hall–Kier alpha value is -0.0800. The first-order valence-electron chi connectivity index (χ1n) is 8.18. The second-order valence-corrected chi connectivity index (χ2v) is 6.72. The van der Waals surface area contributed by atoms with Gasteiger partial charge in [0.05, 0.1) is 0 Å². The molecule has 2 rings (SSSR count). The maximum absolute atomic E-state index is 3.57. The lowest BCUT2D eigenvalue weighted by Crippen LogP contribution is -2.57. The van der Waals surface area contributed by atoms with Gasteiger partial charge in [-0.1, -0.05) is 33.6 Å². The van der Waals surface area contributed by atoms with Crippen LogP contribution in [0.15, 0.2) is 0 Å². The Morgan fingerprint density at radius 3 is 2.50 bits per heavy atom. The van der Waals surface area contributed by atoms with Crippen molar-refractivity contribution in [3.63, 3.8) is 0 Å². The van der Waals surface area contributed by atoms with Crippen LogP contribution in [-0.4, -0.2) is 36.6 Å². The van der Waals surface area contributed by atoms with Crippen LogP contribution in [0.4, 0.5) is 0 Å². The van der Waals surface area contributed by atoms with Crippen LogP contribution in [0.3, 0.4) is 0 Å². The van der Waals surface area contributed by atoms with Crippen LogP contribution < -0.4 is 5.32 Å². The third-order valence-corrected chi connectivity index (χ3v) is 5.08. The maximum atomic E-state index is 3.57. The van der Waals surface area contributed by atoms with Gasteiger partial charge in [-0.05, 0) is 37.5 Å². The average Bonchev–Trinajstić information content (AvgIpc) is 2.40. The molecule has 2 fully saturated rings. The van der Waals surface area contributed by atoms with Crippen molar-refractivity contribution in [1.29, 1.82) is 0 Å². The van der Waals surface area contributed by atoms with E-state index in [1.807, 2.05) is 0 Å². The minimum absolute atomic E-state index is 0.770. The number of rotatable bonds is 4. The first-order valence-corrected chi connectivity index (χ1v) is 8.18. The standard InChI is InChI=1S/C16H32N2/c1-4-5-14-6-8-15(9-7-14)18-11-10-17-12-16(18)13(2)3/h13-17H,4-12H2,1-3H3. The lowest BCUT2D eigenvalue weighted by Gasteiger charge is -2.45. The summed E-state index contributed by atoms with van der Waals surface area (Å²) >= 11 is 0. The number of nitrogens with zero attached hydrogens (tertiary/aromatic N) is 1. The molecule has 1 aliphatic heterocycles. The molecular formula is C16H32N2. The van der Waals surface area contributed by atoms with E-state index in [2.05, 4.69) is 31.0 Å². The van der Waals surface area contributed by atoms with Crippen molar-refractivity contribution < 1.29 is 0 Å². The van der Waals surface area contributed by atoms with Crippen molar-refractivity contribution in [1.82, 2.24) is 10.2 Å². The molecule has 2 aliphatic rings. The van der Waals surface area contributed by atoms with Gasteiger partial charge in [0, 0.05) is 31.7 Å². The molecule has 0 aromatic heterocycles. The van der Waals surface area contributed by atoms with Gasteiger partial charge in [0.25, 0.3) is 0 Å². The summed E-state index contributed by atoms with van der Waals surface area (Å²) in [6.45, 7) is 10.8. The van der Waals surface area contributed by atoms with E-state index in [4.69, 9.17) is 0 Å². The molecule has 1 heterocycles. The molecule has 18 heavy (non-hydrogen) atoms. The highest BCUT2D eigenvalue weighted by Gasteiger charge is 2.32. The Balaban J connectivity index is 1.87.